The third-order valence-electron chi connectivity index (χ3n) is 7.10. The first kappa shape index (κ1) is 29.5. The van der Waals surface area contributed by atoms with Crippen LogP contribution in [0.1, 0.15) is 41.0 Å². The van der Waals surface area contributed by atoms with Gasteiger partial charge < -0.3 is 15.7 Å². The molecular weight excluding hydrogens is 592 g/mol. The summed E-state index contributed by atoms with van der Waals surface area (Å²) in [6.45, 7) is 1.93. The minimum Gasteiger partial charge on any atom is -0.481 e. The van der Waals surface area contributed by atoms with Crippen molar-refractivity contribution in [3.8, 4) is 11.3 Å². The first-order chi connectivity index (χ1) is 19.9. The van der Waals surface area contributed by atoms with E-state index in [1.807, 2.05) is 19.1 Å². The van der Waals surface area contributed by atoms with Crippen LogP contribution in [0.3, 0.4) is 0 Å². The van der Waals surface area contributed by atoms with E-state index in [9.17, 15) is 22.8 Å². The maximum atomic E-state index is 13.4. The zero-order chi connectivity index (χ0) is 30.2. The Hall–Kier alpha value is -4.02. The largest absolute Gasteiger partial charge is 0.481 e. The van der Waals surface area contributed by atoms with Crippen molar-refractivity contribution in [2.24, 2.45) is 5.92 Å². The number of halogens is 5. The molecular formula is C30H25Cl2F3N4O3. The number of fused-ring (bicyclic) bond motifs is 1. The van der Waals surface area contributed by atoms with Crippen molar-refractivity contribution in [2.45, 2.75) is 31.6 Å². The first-order valence-corrected chi connectivity index (χ1v) is 13.8. The van der Waals surface area contributed by atoms with E-state index in [0.717, 1.165) is 11.6 Å². The molecule has 218 valence electrons. The summed E-state index contributed by atoms with van der Waals surface area (Å²) >= 11 is 12.5. The van der Waals surface area contributed by atoms with E-state index in [2.05, 4.69) is 10.6 Å². The fourth-order valence-corrected chi connectivity index (χ4v) is 5.46. The van der Waals surface area contributed by atoms with E-state index in [0.29, 0.717) is 38.3 Å². The van der Waals surface area contributed by atoms with Gasteiger partial charge in [0.05, 0.1) is 41.2 Å². The Morgan fingerprint density at radius 3 is 2.43 bits per heavy atom. The average Bonchev–Trinajstić information content (AvgIpc) is 3.56. The number of aromatic nitrogens is 2. The number of carboxylic acid groups (broad SMARTS) is 1. The van der Waals surface area contributed by atoms with Gasteiger partial charge in [0, 0.05) is 33.6 Å². The van der Waals surface area contributed by atoms with Crippen LogP contribution in [0.15, 0.2) is 78.4 Å². The summed E-state index contributed by atoms with van der Waals surface area (Å²) in [5.74, 6) is -1.67. The highest BCUT2D eigenvalue weighted by Gasteiger charge is 2.37. The Morgan fingerprint density at radius 2 is 1.79 bits per heavy atom. The number of aliphatic carboxylic acids is 1. The van der Waals surface area contributed by atoms with Crippen molar-refractivity contribution in [2.75, 3.05) is 6.54 Å². The van der Waals surface area contributed by atoms with Crippen LogP contribution in [-0.2, 0) is 4.79 Å². The lowest BCUT2D eigenvalue weighted by atomic mass is 9.93. The summed E-state index contributed by atoms with van der Waals surface area (Å²) < 4.78 is 41.8. The fourth-order valence-electron chi connectivity index (χ4n) is 4.93. The summed E-state index contributed by atoms with van der Waals surface area (Å²) in [7, 11) is 0. The molecule has 7 nitrogen and oxygen atoms in total. The summed E-state index contributed by atoms with van der Waals surface area (Å²) in [5, 5.41) is 20.3. The molecule has 0 saturated carbocycles. The van der Waals surface area contributed by atoms with E-state index in [1.165, 1.54) is 12.2 Å². The average molecular weight is 617 g/mol. The number of benzene rings is 2. The van der Waals surface area contributed by atoms with E-state index in [4.69, 9.17) is 33.4 Å². The molecule has 3 atom stereocenters. The number of amides is 1. The molecule has 1 aliphatic carbocycles. The molecule has 3 aromatic rings. The van der Waals surface area contributed by atoms with Crippen molar-refractivity contribution < 1.29 is 27.9 Å². The molecule has 42 heavy (non-hydrogen) atoms. The topological polar surface area (TPSA) is 96.3 Å². The minimum absolute atomic E-state index is 0.0121. The Kier molecular flexibility index (Phi) is 8.21. The molecule has 5 rings (SSSR count). The van der Waals surface area contributed by atoms with Gasteiger partial charge in [-0.2, -0.15) is 18.3 Å². The lowest BCUT2D eigenvalue weighted by molar-refractivity contribution is -0.136. The van der Waals surface area contributed by atoms with Gasteiger partial charge in [-0.3, -0.25) is 14.3 Å². The van der Waals surface area contributed by atoms with Crippen LogP contribution in [0.25, 0.3) is 17.0 Å². The molecule has 1 amide bonds. The molecule has 1 aliphatic heterocycles. The molecule has 12 heteroatoms. The summed E-state index contributed by atoms with van der Waals surface area (Å²) in [6.07, 6.45) is 1.08. The Labute approximate surface area is 249 Å². The number of allylic oxidation sites excluding steroid dienone is 2. The van der Waals surface area contributed by atoms with Crippen molar-refractivity contribution in [1.82, 2.24) is 20.4 Å². The van der Waals surface area contributed by atoms with Gasteiger partial charge in [-0.05, 0) is 61.0 Å². The number of carbonyl (C=O) groups is 2. The van der Waals surface area contributed by atoms with Gasteiger partial charge in [-0.15, -0.1) is 0 Å². The van der Waals surface area contributed by atoms with E-state index in [-0.39, 0.29) is 24.9 Å². The lowest BCUT2D eigenvalue weighted by Gasteiger charge is -2.21. The normalized spacial score (nSPS) is 18.5. The molecule has 0 radical (unpaired) electrons. The second-order valence-electron chi connectivity index (χ2n) is 10.0. The van der Waals surface area contributed by atoms with E-state index in [1.54, 1.807) is 47.1 Å². The van der Waals surface area contributed by atoms with Crippen molar-refractivity contribution >= 4 is 40.8 Å². The number of alkyl halides is 3. The van der Waals surface area contributed by atoms with Gasteiger partial charge in [0.2, 0.25) is 0 Å². The van der Waals surface area contributed by atoms with Crippen LogP contribution in [0.2, 0.25) is 10.0 Å². The summed E-state index contributed by atoms with van der Waals surface area (Å²) in [5.41, 5.74) is 2.99. The molecule has 2 heterocycles. The van der Waals surface area contributed by atoms with Crippen molar-refractivity contribution in [3.63, 3.8) is 0 Å². The van der Waals surface area contributed by atoms with Gasteiger partial charge in [0.25, 0.3) is 5.91 Å². The highest BCUT2D eigenvalue weighted by atomic mass is 35.5. The van der Waals surface area contributed by atoms with Gasteiger partial charge >= 0.3 is 12.1 Å². The monoisotopic (exact) mass is 616 g/mol. The molecule has 0 spiro atoms. The lowest BCUT2D eigenvalue weighted by Crippen LogP contribution is -2.30. The van der Waals surface area contributed by atoms with Crippen LogP contribution in [0.5, 0.6) is 0 Å². The molecule has 0 bridgehead atoms. The minimum atomic E-state index is -4.44. The Bertz CT molecular complexity index is 1610. The number of rotatable bonds is 8. The van der Waals surface area contributed by atoms with Crippen LogP contribution >= 0.6 is 23.2 Å². The van der Waals surface area contributed by atoms with Gasteiger partial charge in [0.1, 0.15) is 0 Å². The van der Waals surface area contributed by atoms with Crippen molar-refractivity contribution in [3.05, 3.63) is 105 Å². The molecule has 2 aromatic carbocycles. The maximum absolute atomic E-state index is 13.4. The highest BCUT2D eigenvalue weighted by Crippen LogP contribution is 2.37. The fraction of sp³-hybridized carbons (Fsp3) is 0.233. The second-order valence-corrected chi connectivity index (χ2v) is 10.9. The molecule has 1 aromatic heterocycles. The quantitative estimate of drug-likeness (QED) is 0.263. The zero-order valence-electron chi connectivity index (χ0n) is 22.1. The van der Waals surface area contributed by atoms with Crippen LogP contribution < -0.4 is 10.6 Å². The maximum Gasteiger partial charge on any atom is 0.416 e. The van der Waals surface area contributed by atoms with E-state index >= 15 is 0 Å². The van der Waals surface area contributed by atoms with Crippen molar-refractivity contribution in [1.29, 1.82) is 0 Å². The second kappa shape index (κ2) is 11.7. The first-order valence-electron chi connectivity index (χ1n) is 13.0. The number of hydrogen-bond acceptors (Lipinski definition) is 4. The molecule has 0 saturated heterocycles. The smallest absolute Gasteiger partial charge is 0.416 e. The third kappa shape index (κ3) is 6.39. The predicted octanol–water partition coefficient (Wildman–Crippen LogP) is 6.66. The number of hydrogen-bond donors (Lipinski definition) is 3. The Morgan fingerprint density at radius 1 is 1.10 bits per heavy atom. The van der Waals surface area contributed by atoms with Crippen LogP contribution in [0, 0.1) is 5.92 Å². The highest BCUT2D eigenvalue weighted by molar-refractivity contribution is 6.35. The van der Waals surface area contributed by atoms with Gasteiger partial charge in [-0.1, -0.05) is 47.5 Å². The third-order valence-corrected chi connectivity index (χ3v) is 7.53. The zero-order valence-corrected chi connectivity index (χ0v) is 23.6. The van der Waals surface area contributed by atoms with E-state index < -0.39 is 29.7 Å². The summed E-state index contributed by atoms with van der Waals surface area (Å²) in [4.78, 5) is 23.1. The molecule has 3 N–H and O–H groups in total. The van der Waals surface area contributed by atoms with Crippen LogP contribution in [-0.4, -0.2) is 45.5 Å². The standard InChI is InChI=1S/C30H25Cl2F3N4O3/c1-16(17-2-4-18(5-3-17)29(42)36-9-8-28(40)41)39-27(15-25(38-39)20-10-22(31)14-23(32)11-20)26-12-19-6-7-21(30(33,34)35)13-24(19)37-26/h2-7,10-16,19,24,37H,8-9H2,1H3,(H,36,42)(H,40,41)/t16-,19?,24?/m0/s1. The molecule has 2 unspecified atom stereocenters. The van der Waals surface area contributed by atoms with Crippen LogP contribution in [0.4, 0.5) is 13.2 Å². The van der Waals surface area contributed by atoms with Gasteiger partial charge in [0.15, 0.2) is 0 Å². The molecule has 0 fully saturated rings. The van der Waals surface area contributed by atoms with Gasteiger partial charge in [-0.25, -0.2) is 0 Å². The summed E-state index contributed by atoms with van der Waals surface area (Å²) in [6, 6.07) is 12.8. The number of nitrogens with zero attached hydrogens (tertiary/aromatic N) is 2. The number of nitrogens with one attached hydrogen (secondary N) is 2. The SMILES string of the molecule is C[C@@H](c1ccc(C(=O)NCCC(=O)O)cc1)n1nc(-c2cc(Cl)cc(Cl)c2)cc1C1=CC2C=CC(C(F)(F)F)=CC2N1. The number of carbonyl (C=O) groups excluding carboxylic acids is 1. The number of carboxylic acids is 1. The molecule has 2 aliphatic rings. The predicted molar refractivity (Wildman–Crippen MR) is 154 cm³/mol. The Balaban J connectivity index is 1.47.